The van der Waals surface area contributed by atoms with Crippen molar-refractivity contribution in [2.24, 2.45) is 0 Å². The van der Waals surface area contributed by atoms with E-state index >= 15 is 0 Å². The summed E-state index contributed by atoms with van der Waals surface area (Å²) < 4.78 is 26.4. The Hall–Kier alpha value is -2.69. The molecule has 7 heteroatoms. The van der Waals surface area contributed by atoms with E-state index in [0.29, 0.717) is 0 Å². The Balaban J connectivity index is 2.17. The summed E-state index contributed by atoms with van der Waals surface area (Å²) in [7, 11) is -0.959. The highest BCUT2D eigenvalue weighted by Crippen LogP contribution is 2.21. The van der Waals surface area contributed by atoms with Crippen molar-refractivity contribution >= 4 is 15.9 Å². The fourth-order valence-electron chi connectivity index (χ4n) is 2.51. The van der Waals surface area contributed by atoms with Crippen LogP contribution in [0.1, 0.15) is 24.1 Å². The Morgan fingerprint density at radius 3 is 2.27 bits per heavy atom. The van der Waals surface area contributed by atoms with Crippen molar-refractivity contribution in [3.8, 4) is 6.07 Å². The maximum Gasteiger partial charge on any atom is 0.244 e. The number of carbonyl (C=O) groups is 1. The highest BCUT2D eigenvalue weighted by Gasteiger charge is 2.27. The molecular weight excluding hydrogens is 350 g/mol. The maximum atomic E-state index is 12.7. The largest absolute Gasteiger partial charge is 0.338 e. The van der Waals surface area contributed by atoms with Crippen LogP contribution in [-0.2, 0) is 14.8 Å². The van der Waals surface area contributed by atoms with Crippen LogP contribution in [0.25, 0.3) is 0 Å². The van der Waals surface area contributed by atoms with Crippen molar-refractivity contribution in [3.05, 3.63) is 65.7 Å². The van der Waals surface area contributed by atoms with Crippen LogP contribution in [0.4, 0.5) is 0 Å². The van der Waals surface area contributed by atoms with Crippen molar-refractivity contribution in [1.29, 1.82) is 5.26 Å². The Labute approximate surface area is 154 Å². The van der Waals surface area contributed by atoms with Crippen LogP contribution in [0.15, 0.2) is 59.5 Å². The molecule has 0 spiro atoms. The lowest BCUT2D eigenvalue weighted by Gasteiger charge is -2.27. The van der Waals surface area contributed by atoms with Gasteiger partial charge in [-0.1, -0.05) is 42.5 Å². The smallest absolute Gasteiger partial charge is 0.244 e. The molecule has 1 unspecified atom stereocenters. The minimum atomic E-state index is -3.94. The molecule has 2 aromatic rings. The first-order valence-electron chi connectivity index (χ1n) is 8.05. The van der Waals surface area contributed by atoms with Gasteiger partial charge >= 0.3 is 0 Å². The number of likely N-dealkylation sites (N-methyl/N-ethyl adjacent to an activating group) is 2. The molecule has 2 aromatic carbocycles. The van der Waals surface area contributed by atoms with Crippen molar-refractivity contribution in [2.45, 2.75) is 17.9 Å². The second-order valence-electron chi connectivity index (χ2n) is 5.96. The molecule has 136 valence electrons. The maximum absolute atomic E-state index is 12.7. The number of amides is 1. The quantitative estimate of drug-likeness (QED) is 0.781. The van der Waals surface area contributed by atoms with Crippen LogP contribution in [-0.4, -0.2) is 44.2 Å². The molecule has 0 heterocycles. The number of nitrogens with zero attached hydrogens (tertiary/aromatic N) is 3. The van der Waals surface area contributed by atoms with E-state index in [1.807, 2.05) is 43.3 Å². The van der Waals surface area contributed by atoms with E-state index in [-0.39, 0.29) is 29.0 Å². The molecule has 2 rings (SSSR count). The number of nitriles is 1. The molecule has 0 aliphatic rings. The number of rotatable bonds is 6. The summed E-state index contributed by atoms with van der Waals surface area (Å²) in [6.07, 6.45) is 0. The van der Waals surface area contributed by atoms with Crippen LogP contribution >= 0.6 is 0 Å². The van der Waals surface area contributed by atoms with E-state index < -0.39 is 10.0 Å². The molecule has 0 aliphatic heterocycles. The molecule has 26 heavy (non-hydrogen) atoms. The second kappa shape index (κ2) is 8.13. The van der Waals surface area contributed by atoms with E-state index in [1.54, 1.807) is 19.2 Å². The third kappa shape index (κ3) is 4.10. The normalized spacial score (nSPS) is 12.4. The number of carbonyl (C=O) groups excluding carboxylic acids is 1. The van der Waals surface area contributed by atoms with E-state index in [0.717, 1.165) is 9.87 Å². The van der Waals surface area contributed by atoms with Gasteiger partial charge in [0.15, 0.2) is 0 Å². The molecule has 6 nitrogen and oxygen atoms in total. The first kappa shape index (κ1) is 19.6. The monoisotopic (exact) mass is 371 g/mol. The van der Waals surface area contributed by atoms with Crippen molar-refractivity contribution in [1.82, 2.24) is 9.21 Å². The van der Waals surface area contributed by atoms with Crippen molar-refractivity contribution < 1.29 is 13.2 Å². The lowest BCUT2D eigenvalue weighted by atomic mass is 10.1. The zero-order valence-corrected chi connectivity index (χ0v) is 15.8. The molecule has 1 atom stereocenters. The third-order valence-electron chi connectivity index (χ3n) is 4.31. The van der Waals surface area contributed by atoms with Gasteiger partial charge in [0.05, 0.1) is 23.0 Å². The SMILES string of the molecule is CC(c1ccccc1)N(C)C(=O)CN(C)S(=O)(=O)c1ccccc1C#N. The van der Waals surface area contributed by atoms with Gasteiger partial charge in [-0.3, -0.25) is 4.79 Å². The Morgan fingerprint density at radius 1 is 1.08 bits per heavy atom. The van der Waals surface area contributed by atoms with E-state index in [9.17, 15) is 13.2 Å². The first-order chi connectivity index (χ1) is 12.3. The van der Waals surface area contributed by atoms with Gasteiger partial charge in [-0.15, -0.1) is 0 Å². The summed E-state index contributed by atoms with van der Waals surface area (Å²) in [5.74, 6) is -0.332. The molecule has 0 bridgehead atoms. The van der Waals surface area contributed by atoms with Gasteiger partial charge in [-0.2, -0.15) is 9.57 Å². The second-order valence-corrected chi connectivity index (χ2v) is 7.97. The summed E-state index contributed by atoms with van der Waals surface area (Å²) in [4.78, 5) is 14.0. The molecule has 0 fully saturated rings. The average molecular weight is 371 g/mol. The minimum Gasteiger partial charge on any atom is -0.338 e. The van der Waals surface area contributed by atoms with Crippen LogP contribution < -0.4 is 0 Å². The molecule has 0 aliphatic carbocycles. The van der Waals surface area contributed by atoms with E-state index in [4.69, 9.17) is 5.26 Å². The van der Waals surface area contributed by atoms with Crippen LogP contribution in [0.2, 0.25) is 0 Å². The zero-order valence-electron chi connectivity index (χ0n) is 15.0. The number of benzene rings is 2. The molecule has 0 radical (unpaired) electrons. The number of hydrogen-bond donors (Lipinski definition) is 0. The molecular formula is C19H21N3O3S. The molecule has 0 aromatic heterocycles. The highest BCUT2D eigenvalue weighted by molar-refractivity contribution is 7.89. The van der Waals surface area contributed by atoms with Crippen molar-refractivity contribution in [2.75, 3.05) is 20.6 Å². The van der Waals surface area contributed by atoms with Crippen LogP contribution in [0.5, 0.6) is 0 Å². The van der Waals surface area contributed by atoms with Gasteiger partial charge in [0, 0.05) is 14.1 Å². The van der Waals surface area contributed by atoms with Crippen LogP contribution in [0, 0.1) is 11.3 Å². The number of hydrogen-bond acceptors (Lipinski definition) is 4. The average Bonchev–Trinajstić information content (AvgIpc) is 2.67. The molecule has 0 N–H and O–H groups in total. The summed E-state index contributed by atoms with van der Waals surface area (Å²) in [6, 6.07) is 17.1. The summed E-state index contributed by atoms with van der Waals surface area (Å²) >= 11 is 0. The van der Waals surface area contributed by atoms with Gasteiger partial charge in [-0.05, 0) is 24.6 Å². The van der Waals surface area contributed by atoms with E-state index in [1.165, 1.54) is 24.1 Å². The van der Waals surface area contributed by atoms with E-state index in [2.05, 4.69) is 0 Å². The predicted octanol–water partition coefficient (Wildman–Crippen LogP) is 2.40. The van der Waals surface area contributed by atoms with Gasteiger partial charge in [-0.25, -0.2) is 8.42 Å². The highest BCUT2D eigenvalue weighted by atomic mass is 32.2. The summed E-state index contributed by atoms with van der Waals surface area (Å²) in [6.45, 7) is 1.57. The van der Waals surface area contributed by atoms with Gasteiger partial charge < -0.3 is 4.90 Å². The third-order valence-corrected chi connectivity index (χ3v) is 6.17. The first-order valence-corrected chi connectivity index (χ1v) is 9.49. The fraction of sp³-hybridized carbons (Fsp3) is 0.263. The standard InChI is InChI=1S/C19H21N3O3S/c1-15(16-9-5-4-6-10-16)22(3)19(23)14-21(2)26(24,25)18-12-8-7-11-17(18)13-20/h4-12,15H,14H2,1-3H3. The molecule has 1 amide bonds. The zero-order chi connectivity index (χ0) is 19.3. The molecule has 0 saturated carbocycles. The predicted molar refractivity (Wildman–Crippen MR) is 98.6 cm³/mol. The van der Waals surface area contributed by atoms with Crippen LogP contribution in [0.3, 0.4) is 0 Å². The Kier molecular flexibility index (Phi) is 6.14. The minimum absolute atomic E-state index is 0.0535. The lowest BCUT2D eigenvalue weighted by Crippen LogP contribution is -2.40. The topological polar surface area (TPSA) is 81.5 Å². The molecule has 0 saturated heterocycles. The summed E-state index contributed by atoms with van der Waals surface area (Å²) in [5, 5.41) is 9.12. The van der Waals surface area contributed by atoms with Gasteiger partial charge in [0.1, 0.15) is 6.07 Å². The summed E-state index contributed by atoms with van der Waals surface area (Å²) in [5.41, 5.74) is 1.02. The Bertz CT molecular complexity index is 921. The number of sulfonamides is 1. The van der Waals surface area contributed by atoms with Gasteiger partial charge in [0.25, 0.3) is 0 Å². The fourth-order valence-corrected chi connectivity index (χ4v) is 3.77. The Morgan fingerprint density at radius 2 is 1.65 bits per heavy atom. The lowest BCUT2D eigenvalue weighted by molar-refractivity contribution is -0.131. The van der Waals surface area contributed by atoms with Gasteiger partial charge in [0.2, 0.25) is 15.9 Å². The van der Waals surface area contributed by atoms with Crippen molar-refractivity contribution in [3.63, 3.8) is 0 Å².